The Kier molecular flexibility index (Phi) is 8.05. The molecule has 0 aromatic heterocycles. The highest BCUT2D eigenvalue weighted by atomic mass is 35.5. The summed E-state index contributed by atoms with van der Waals surface area (Å²) < 4.78 is 0. The van der Waals surface area contributed by atoms with Crippen LogP contribution in [0.1, 0.15) is 31.9 Å². The summed E-state index contributed by atoms with van der Waals surface area (Å²) in [5, 5.41) is 12.2. The van der Waals surface area contributed by atoms with Crippen molar-refractivity contribution in [1.29, 1.82) is 0 Å². The summed E-state index contributed by atoms with van der Waals surface area (Å²) >= 11 is 12.0. The minimum absolute atomic E-state index is 0.260. The first-order chi connectivity index (χ1) is 13.7. The van der Waals surface area contributed by atoms with Crippen molar-refractivity contribution < 1.29 is 14.7 Å². The molecule has 3 N–H and O–H groups in total. The second kappa shape index (κ2) is 10.1. The zero-order chi connectivity index (χ0) is 21.6. The molecule has 0 aliphatic heterocycles. The topological polar surface area (TPSA) is 81.7 Å². The van der Waals surface area contributed by atoms with Crippen LogP contribution in [0.2, 0.25) is 10.0 Å². The average molecular weight is 438 g/mol. The van der Waals surface area contributed by atoms with Gasteiger partial charge < -0.3 is 5.11 Å². The number of hydrogen-bond acceptors (Lipinski definition) is 4. The molecule has 156 valence electrons. The number of benzene rings is 2. The Morgan fingerprint density at radius 1 is 1.00 bits per heavy atom. The van der Waals surface area contributed by atoms with E-state index < -0.39 is 17.6 Å². The fraction of sp³-hybridized carbons (Fsp3) is 0.333. The molecule has 0 aliphatic carbocycles. The van der Waals surface area contributed by atoms with Crippen LogP contribution in [0.25, 0.3) is 0 Å². The van der Waals surface area contributed by atoms with Crippen molar-refractivity contribution in [3.8, 4) is 0 Å². The smallest absolute Gasteiger partial charge is 0.279 e. The molecule has 29 heavy (non-hydrogen) atoms. The first kappa shape index (κ1) is 23.2. The number of nitrogens with one attached hydrogen (secondary N) is 2. The fourth-order valence-corrected chi connectivity index (χ4v) is 3.40. The third kappa shape index (κ3) is 5.28. The van der Waals surface area contributed by atoms with Crippen LogP contribution >= 0.6 is 23.2 Å². The number of carbonyl (C=O) groups is 2. The van der Waals surface area contributed by atoms with E-state index in [-0.39, 0.29) is 17.0 Å². The van der Waals surface area contributed by atoms with Gasteiger partial charge >= 0.3 is 0 Å². The maximum atomic E-state index is 13.0. The van der Waals surface area contributed by atoms with Gasteiger partial charge in [-0.15, -0.1) is 0 Å². The van der Waals surface area contributed by atoms with Crippen LogP contribution in [0, 0.1) is 0 Å². The highest BCUT2D eigenvalue weighted by Crippen LogP contribution is 2.32. The molecule has 0 saturated heterocycles. The Bertz CT molecular complexity index is 857. The predicted molar refractivity (Wildman–Crippen MR) is 115 cm³/mol. The van der Waals surface area contributed by atoms with E-state index in [1.807, 2.05) is 18.7 Å². The van der Waals surface area contributed by atoms with Gasteiger partial charge in [-0.2, -0.15) is 0 Å². The number of hydrogen-bond donors (Lipinski definition) is 3. The van der Waals surface area contributed by atoms with E-state index in [0.717, 1.165) is 0 Å². The molecule has 0 unspecified atom stereocenters. The van der Waals surface area contributed by atoms with Crippen molar-refractivity contribution in [2.75, 3.05) is 13.1 Å². The summed E-state index contributed by atoms with van der Waals surface area (Å²) in [5.41, 5.74) is 3.21. The molecule has 2 amide bonds. The average Bonchev–Trinajstić information content (AvgIpc) is 2.72. The van der Waals surface area contributed by atoms with Crippen molar-refractivity contribution in [2.24, 2.45) is 0 Å². The van der Waals surface area contributed by atoms with E-state index in [0.29, 0.717) is 23.1 Å². The lowest BCUT2D eigenvalue weighted by atomic mass is 9.85. The number of halogens is 2. The molecule has 0 bridgehead atoms. The standard InChI is InChI=1S/C21H25Cl2N3O3/c1-4-26(5-2)14(3)19(27)24-25-20(28)21(29,15-9-11-17(22)12-10-15)16-7-6-8-18(23)13-16/h6-14,29H,4-5H2,1-3H3,(H,24,27)(H,25,28)/t14-,21+/m1/s1. The maximum Gasteiger partial charge on any atom is 0.279 e. The fourth-order valence-electron chi connectivity index (χ4n) is 3.08. The van der Waals surface area contributed by atoms with Crippen molar-refractivity contribution in [3.05, 3.63) is 69.7 Å². The third-order valence-electron chi connectivity index (χ3n) is 4.87. The monoisotopic (exact) mass is 437 g/mol. The van der Waals surface area contributed by atoms with Crippen LogP contribution in [0.4, 0.5) is 0 Å². The van der Waals surface area contributed by atoms with Crippen LogP contribution < -0.4 is 10.9 Å². The first-order valence-electron chi connectivity index (χ1n) is 9.32. The number of rotatable bonds is 7. The van der Waals surface area contributed by atoms with Gasteiger partial charge in [0.05, 0.1) is 6.04 Å². The molecular weight excluding hydrogens is 413 g/mol. The van der Waals surface area contributed by atoms with Gasteiger partial charge in [0.15, 0.2) is 5.60 Å². The van der Waals surface area contributed by atoms with E-state index >= 15 is 0 Å². The predicted octanol–water partition coefficient (Wildman–Crippen LogP) is 3.11. The third-order valence-corrected chi connectivity index (χ3v) is 5.36. The van der Waals surface area contributed by atoms with Gasteiger partial charge in [-0.3, -0.25) is 25.3 Å². The highest BCUT2D eigenvalue weighted by molar-refractivity contribution is 6.31. The van der Waals surface area contributed by atoms with Gasteiger partial charge in [-0.25, -0.2) is 0 Å². The zero-order valence-electron chi connectivity index (χ0n) is 16.6. The van der Waals surface area contributed by atoms with E-state index in [2.05, 4.69) is 10.9 Å². The normalized spacial score (nSPS) is 14.2. The minimum atomic E-state index is -2.08. The number of likely N-dealkylation sites (N-methyl/N-ethyl adjacent to an activating group) is 1. The van der Waals surface area contributed by atoms with E-state index in [1.165, 1.54) is 6.07 Å². The second-order valence-electron chi connectivity index (χ2n) is 6.57. The number of carbonyl (C=O) groups excluding carboxylic acids is 2. The number of amides is 2. The van der Waals surface area contributed by atoms with Crippen molar-refractivity contribution in [3.63, 3.8) is 0 Å². The Morgan fingerprint density at radius 2 is 1.62 bits per heavy atom. The van der Waals surface area contributed by atoms with Crippen LogP contribution in [0.15, 0.2) is 48.5 Å². The van der Waals surface area contributed by atoms with Crippen LogP contribution in [0.3, 0.4) is 0 Å². The van der Waals surface area contributed by atoms with E-state index in [4.69, 9.17) is 23.2 Å². The maximum absolute atomic E-state index is 13.0. The Morgan fingerprint density at radius 3 is 2.17 bits per heavy atom. The number of nitrogens with zero attached hydrogens (tertiary/aromatic N) is 1. The molecule has 0 fully saturated rings. The summed E-state index contributed by atoms with van der Waals surface area (Å²) in [6.45, 7) is 7.03. The van der Waals surface area contributed by atoms with Gasteiger partial charge in [-0.1, -0.05) is 61.3 Å². The van der Waals surface area contributed by atoms with Crippen LogP contribution in [-0.4, -0.2) is 41.0 Å². The summed E-state index contributed by atoms with van der Waals surface area (Å²) in [5.74, 6) is -1.20. The Hall–Kier alpha value is -2.12. The lowest BCUT2D eigenvalue weighted by Gasteiger charge is -2.29. The summed E-state index contributed by atoms with van der Waals surface area (Å²) in [6.07, 6.45) is 0. The van der Waals surface area contributed by atoms with Gasteiger partial charge in [0, 0.05) is 10.0 Å². The van der Waals surface area contributed by atoms with Crippen molar-refractivity contribution >= 4 is 35.0 Å². The molecule has 2 aromatic rings. The molecule has 0 aliphatic rings. The largest absolute Gasteiger partial charge is 0.372 e. The SMILES string of the molecule is CCN(CC)[C@H](C)C(=O)NNC(=O)[C@](O)(c1ccc(Cl)cc1)c1cccc(Cl)c1. The zero-order valence-corrected chi connectivity index (χ0v) is 18.1. The van der Waals surface area contributed by atoms with Gasteiger partial charge in [0.25, 0.3) is 11.8 Å². The lowest BCUT2D eigenvalue weighted by Crippen LogP contribution is -2.56. The second-order valence-corrected chi connectivity index (χ2v) is 7.44. The van der Waals surface area contributed by atoms with Gasteiger partial charge in [0.1, 0.15) is 0 Å². The minimum Gasteiger partial charge on any atom is -0.372 e. The van der Waals surface area contributed by atoms with Crippen molar-refractivity contribution in [1.82, 2.24) is 15.8 Å². The molecule has 2 aromatic carbocycles. The lowest BCUT2D eigenvalue weighted by molar-refractivity contribution is -0.141. The van der Waals surface area contributed by atoms with Gasteiger partial charge in [-0.05, 0) is 55.4 Å². The Balaban J connectivity index is 2.31. The summed E-state index contributed by atoms with van der Waals surface area (Å²) in [4.78, 5) is 27.4. The molecule has 2 rings (SSSR count). The number of aliphatic hydroxyl groups is 1. The molecule has 0 radical (unpaired) electrons. The first-order valence-corrected chi connectivity index (χ1v) is 10.1. The summed E-state index contributed by atoms with van der Waals surface area (Å²) in [7, 11) is 0. The van der Waals surface area contributed by atoms with Crippen LogP contribution in [-0.2, 0) is 15.2 Å². The molecular formula is C21H25Cl2N3O3. The molecule has 0 spiro atoms. The van der Waals surface area contributed by atoms with E-state index in [1.54, 1.807) is 49.4 Å². The Labute approximate surface area is 180 Å². The van der Waals surface area contributed by atoms with Crippen LogP contribution in [0.5, 0.6) is 0 Å². The molecule has 0 saturated carbocycles. The summed E-state index contributed by atoms with van der Waals surface area (Å²) in [6, 6.07) is 12.1. The van der Waals surface area contributed by atoms with Gasteiger partial charge in [0.2, 0.25) is 0 Å². The van der Waals surface area contributed by atoms with E-state index in [9.17, 15) is 14.7 Å². The molecule has 0 heterocycles. The number of hydrazine groups is 1. The molecule has 6 nitrogen and oxygen atoms in total. The molecule has 8 heteroatoms. The van der Waals surface area contributed by atoms with Crippen molar-refractivity contribution in [2.45, 2.75) is 32.4 Å². The highest BCUT2D eigenvalue weighted by Gasteiger charge is 2.40. The quantitative estimate of drug-likeness (QED) is 0.581. The molecule has 2 atom stereocenters.